The maximum Gasteiger partial charge on any atom is 0.258 e. The van der Waals surface area contributed by atoms with Gasteiger partial charge in [0.15, 0.2) is 6.61 Å². The van der Waals surface area contributed by atoms with Crippen molar-refractivity contribution in [2.45, 2.75) is 13.8 Å². The van der Waals surface area contributed by atoms with E-state index < -0.39 is 0 Å². The zero-order valence-corrected chi connectivity index (χ0v) is 17.1. The summed E-state index contributed by atoms with van der Waals surface area (Å²) in [6, 6.07) is 13.3. The second-order valence-corrected chi connectivity index (χ2v) is 7.01. The molecule has 0 heterocycles. The lowest BCUT2D eigenvalue weighted by Crippen LogP contribution is -2.36. The highest BCUT2D eigenvalue weighted by atomic mass is 35.5. The van der Waals surface area contributed by atoms with Gasteiger partial charge >= 0.3 is 0 Å². The molecule has 0 unspecified atom stereocenters. The van der Waals surface area contributed by atoms with E-state index in [0.717, 1.165) is 0 Å². The van der Waals surface area contributed by atoms with Gasteiger partial charge in [-0.25, -0.2) is 0 Å². The van der Waals surface area contributed by atoms with E-state index in [1.54, 1.807) is 62.4 Å². The second kappa shape index (κ2) is 11.1. The molecule has 0 bridgehead atoms. The summed E-state index contributed by atoms with van der Waals surface area (Å²) in [5.74, 6) is -0.216. The topological polar surface area (TPSA) is 96.5 Å². The summed E-state index contributed by atoms with van der Waals surface area (Å²) in [7, 11) is 0. The first-order valence-corrected chi connectivity index (χ1v) is 9.57. The SMILES string of the molecule is CC(C)C(=O)Nc1ccc(C(=O)NCCNC(=O)COc2ccc(Cl)cc2)cc1. The summed E-state index contributed by atoms with van der Waals surface area (Å²) in [4.78, 5) is 35.5. The number of halogens is 1. The second-order valence-electron chi connectivity index (χ2n) is 6.57. The van der Waals surface area contributed by atoms with Crippen molar-refractivity contribution in [1.29, 1.82) is 0 Å². The first kappa shape index (κ1) is 22.2. The van der Waals surface area contributed by atoms with E-state index in [-0.39, 0.29) is 43.3 Å². The monoisotopic (exact) mass is 417 g/mol. The van der Waals surface area contributed by atoms with Crippen molar-refractivity contribution in [2.75, 3.05) is 25.0 Å². The molecule has 0 saturated heterocycles. The van der Waals surface area contributed by atoms with Crippen LogP contribution in [0.5, 0.6) is 5.75 Å². The molecule has 0 spiro atoms. The van der Waals surface area contributed by atoms with E-state index >= 15 is 0 Å². The summed E-state index contributed by atoms with van der Waals surface area (Å²) in [6.07, 6.45) is 0. The van der Waals surface area contributed by atoms with Crippen molar-refractivity contribution in [3.05, 3.63) is 59.1 Å². The van der Waals surface area contributed by atoms with E-state index in [1.165, 1.54) is 0 Å². The molecule has 0 aliphatic heterocycles. The Morgan fingerprint density at radius 2 is 1.55 bits per heavy atom. The minimum Gasteiger partial charge on any atom is -0.484 e. The maximum absolute atomic E-state index is 12.1. The summed E-state index contributed by atoms with van der Waals surface area (Å²) in [5.41, 5.74) is 1.10. The molecule has 2 aromatic rings. The lowest BCUT2D eigenvalue weighted by molar-refractivity contribution is -0.123. The van der Waals surface area contributed by atoms with Crippen molar-refractivity contribution < 1.29 is 19.1 Å². The van der Waals surface area contributed by atoms with Crippen LogP contribution in [0.25, 0.3) is 0 Å². The van der Waals surface area contributed by atoms with Crippen LogP contribution >= 0.6 is 11.6 Å². The number of hydrogen-bond acceptors (Lipinski definition) is 4. The minimum atomic E-state index is -0.292. The van der Waals surface area contributed by atoms with Gasteiger partial charge in [0.05, 0.1) is 0 Å². The van der Waals surface area contributed by atoms with Gasteiger partial charge in [-0.1, -0.05) is 25.4 Å². The molecule has 154 valence electrons. The van der Waals surface area contributed by atoms with E-state index in [2.05, 4.69) is 16.0 Å². The number of nitrogens with one attached hydrogen (secondary N) is 3. The van der Waals surface area contributed by atoms with Crippen LogP contribution in [0.2, 0.25) is 5.02 Å². The summed E-state index contributed by atoms with van der Waals surface area (Å²) >= 11 is 5.78. The smallest absolute Gasteiger partial charge is 0.258 e. The Bertz CT molecular complexity index is 836. The van der Waals surface area contributed by atoms with Gasteiger partial charge in [0, 0.05) is 35.3 Å². The summed E-state index contributed by atoms with van der Waals surface area (Å²) < 4.78 is 5.34. The molecular weight excluding hydrogens is 394 g/mol. The van der Waals surface area contributed by atoms with E-state index in [9.17, 15) is 14.4 Å². The Hall–Kier alpha value is -3.06. The third kappa shape index (κ3) is 7.83. The molecule has 7 nitrogen and oxygen atoms in total. The molecule has 0 saturated carbocycles. The van der Waals surface area contributed by atoms with Crippen LogP contribution in [0.3, 0.4) is 0 Å². The standard InChI is InChI=1S/C21H24ClN3O4/c1-14(2)20(27)25-17-7-3-15(4-8-17)21(28)24-12-11-23-19(26)13-29-18-9-5-16(22)6-10-18/h3-10,14H,11-13H2,1-2H3,(H,23,26)(H,24,28)(H,25,27). The van der Waals surface area contributed by atoms with Crippen LogP contribution < -0.4 is 20.7 Å². The van der Waals surface area contributed by atoms with Gasteiger partial charge in [0.2, 0.25) is 5.91 Å². The Morgan fingerprint density at radius 1 is 0.931 bits per heavy atom. The molecule has 2 aromatic carbocycles. The van der Waals surface area contributed by atoms with E-state index in [1.807, 2.05) is 0 Å². The highest BCUT2D eigenvalue weighted by Gasteiger charge is 2.09. The highest BCUT2D eigenvalue weighted by Crippen LogP contribution is 2.15. The Balaban J connectivity index is 1.66. The molecule has 0 atom stereocenters. The van der Waals surface area contributed by atoms with Gasteiger partial charge in [-0.2, -0.15) is 0 Å². The summed E-state index contributed by atoms with van der Waals surface area (Å²) in [6.45, 7) is 4.03. The Morgan fingerprint density at radius 3 is 2.17 bits per heavy atom. The molecule has 8 heteroatoms. The lowest BCUT2D eigenvalue weighted by atomic mass is 10.1. The number of rotatable bonds is 9. The fourth-order valence-electron chi connectivity index (χ4n) is 2.20. The number of hydrogen-bond donors (Lipinski definition) is 3. The fraction of sp³-hybridized carbons (Fsp3) is 0.286. The van der Waals surface area contributed by atoms with E-state index in [4.69, 9.17) is 16.3 Å². The molecule has 0 aliphatic rings. The van der Waals surface area contributed by atoms with Crippen LogP contribution in [-0.4, -0.2) is 37.4 Å². The molecule has 2 rings (SSSR count). The van der Waals surface area contributed by atoms with E-state index in [0.29, 0.717) is 22.0 Å². The molecule has 3 amide bonds. The van der Waals surface area contributed by atoms with Gasteiger partial charge in [0.25, 0.3) is 11.8 Å². The zero-order chi connectivity index (χ0) is 21.2. The van der Waals surface area contributed by atoms with Crippen molar-refractivity contribution in [1.82, 2.24) is 10.6 Å². The normalized spacial score (nSPS) is 10.3. The fourth-order valence-corrected chi connectivity index (χ4v) is 2.33. The van der Waals surface area contributed by atoms with Crippen LogP contribution in [0.4, 0.5) is 5.69 Å². The van der Waals surface area contributed by atoms with Gasteiger partial charge in [-0.3, -0.25) is 14.4 Å². The third-order valence-electron chi connectivity index (χ3n) is 3.86. The Kier molecular flexibility index (Phi) is 8.48. The van der Waals surface area contributed by atoms with Gasteiger partial charge < -0.3 is 20.7 Å². The highest BCUT2D eigenvalue weighted by molar-refractivity contribution is 6.30. The number of benzene rings is 2. The molecule has 3 N–H and O–H groups in total. The summed E-state index contributed by atoms with van der Waals surface area (Å²) in [5, 5.41) is 8.73. The number of amides is 3. The van der Waals surface area contributed by atoms with Gasteiger partial charge in [-0.15, -0.1) is 0 Å². The van der Waals surface area contributed by atoms with Crippen LogP contribution in [-0.2, 0) is 9.59 Å². The van der Waals surface area contributed by atoms with Gasteiger partial charge in [-0.05, 0) is 48.5 Å². The average Bonchev–Trinajstić information content (AvgIpc) is 2.71. The van der Waals surface area contributed by atoms with Crippen molar-refractivity contribution in [2.24, 2.45) is 5.92 Å². The van der Waals surface area contributed by atoms with Crippen molar-refractivity contribution in [3.63, 3.8) is 0 Å². The quantitative estimate of drug-likeness (QED) is 0.546. The third-order valence-corrected chi connectivity index (χ3v) is 4.11. The van der Waals surface area contributed by atoms with Gasteiger partial charge in [0.1, 0.15) is 5.75 Å². The minimum absolute atomic E-state index is 0.0852. The van der Waals surface area contributed by atoms with Crippen LogP contribution in [0.1, 0.15) is 24.2 Å². The first-order valence-electron chi connectivity index (χ1n) is 9.19. The number of carbonyl (C=O) groups is 3. The van der Waals surface area contributed by atoms with Crippen molar-refractivity contribution in [3.8, 4) is 5.75 Å². The largest absolute Gasteiger partial charge is 0.484 e. The number of anilines is 1. The molecule has 0 aliphatic carbocycles. The molecule has 29 heavy (non-hydrogen) atoms. The number of ether oxygens (including phenoxy) is 1. The van der Waals surface area contributed by atoms with Crippen LogP contribution in [0, 0.1) is 5.92 Å². The maximum atomic E-state index is 12.1. The lowest BCUT2D eigenvalue weighted by Gasteiger charge is -2.10. The zero-order valence-electron chi connectivity index (χ0n) is 16.3. The van der Waals surface area contributed by atoms with Crippen LogP contribution in [0.15, 0.2) is 48.5 Å². The first-order chi connectivity index (χ1) is 13.8. The predicted octanol–water partition coefficient (Wildman–Crippen LogP) is 2.86. The molecule has 0 aromatic heterocycles. The molecule has 0 radical (unpaired) electrons. The van der Waals surface area contributed by atoms with Crippen molar-refractivity contribution >= 4 is 35.0 Å². The Labute approximate surface area is 174 Å². The predicted molar refractivity (Wildman–Crippen MR) is 112 cm³/mol. The number of carbonyl (C=O) groups excluding carboxylic acids is 3. The average molecular weight is 418 g/mol. The molecule has 0 fully saturated rings. The molecular formula is C21H24ClN3O4.